The Labute approximate surface area is 167 Å². The summed E-state index contributed by atoms with van der Waals surface area (Å²) in [7, 11) is 1.52. The summed E-state index contributed by atoms with van der Waals surface area (Å²) in [6.07, 6.45) is 2.28. The third kappa shape index (κ3) is 4.16. The minimum atomic E-state index is -0.192. The smallest absolute Gasteiger partial charge is 0.245 e. The van der Waals surface area contributed by atoms with E-state index in [0.29, 0.717) is 12.3 Å². The van der Waals surface area contributed by atoms with Gasteiger partial charge in [0.1, 0.15) is 5.82 Å². The standard InChI is InChI=1S/C21H20N6O2/c1-29-20-13-14-22-21(24-20)26-25-19(28)12-11-18-23-16-9-5-6-10-17(16)27(18)15-7-3-2-4-8-15/h2-10,13-14H,11-12H2,1H3,(H,25,28)(H,22,24,26). The molecule has 0 fully saturated rings. The number of carbonyl (C=O) groups is 1. The molecule has 0 atom stereocenters. The molecule has 2 N–H and O–H groups in total. The molecule has 2 heterocycles. The van der Waals surface area contributed by atoms with Crippen LogP contribution >= 0.6 is 0 Å². The maximum atomic E-state index is 12.3. The van der Waals surface area contributed by atoms with E-state index in [-0.39, 0.29) is 18.3 Å². The van der Waals surface area contributed by atoms with Crippen LogP contribution in [-0.2, 0) is 11.2 Å². The van der Waals surface area contributed by atoms with Crippen molar-refractivity contribution in [2.75, 3.05) is 12.5 Å². The third-order valence-corrected chi connectivity index (χ3v) is 4.37. The van der Waals surface area contributed by atoms with Gasteiger partial charge < -0.3 is 4.74 Å². The zero-order valence-electron chi connectivity index (χ0n) is 15.9. The first-order valence-electron chi connectivity index (χ1n) is 9.18. The number of hydrogen-bond donors (Lipinski definition) is 2. The lowest BCUT2D eigenvalue weighted by Gasteiger charge is -2.10. The fourth-order valence-corrected chi connectivity index (χ4v) is 3.04. The molecular formula is C21H20N6O2. The molecule has 0 bridgehead atoms. The van der Waals surface area contributed by atoms with Gasteiger partial charge in [-0.1, -0.05) is 30.3 Å². The molecule has 8 nitrogen and oxygen atoms in total. The molecule has 0 saturated carbocycles. The zero-order chi connectivity index (χ0) is 20.1. The fraction of sp³-hybridized carbons (Fsp3) is 0.143. The van der Waals surface area contributed by atoms with E-state index in [1.807, 2.05) is 54.6 Å². The predicted molar refractivity (Wildman–Crippen MR) is 110 cm³/mol. The van der Waals surface area contributed by atoms with Crippen LogP contribution in [0.15, 0.2) is 66.9 Å². The van der Waals surface area contributed by atoms with Crippen LogP contribution in [0.2, 0.25) is 0 Å². The number of fused-ring (bicyclic) bond motifs is 1. The van der Waals surface area contributed by atoms with Crippen molar-refractivity contribution in [2.45, 2.75) is 12.8 Å². The van der Waals surface area contributed by atoms with E-state index < -0.39 is 0 Å². The first-order valence-corrected chi connectivity index (χ1v) is 9.18. The number of amides is 1. The number of imidazole rings is 1. The van der Waals surface area contributed by atoms with Crippen LogP contribution in [0.5, 0.6) is 5.88 Å². The fourth-order valence-electron chi connectivity index (χ4n) is 3.04. The average Bonchev–Trinajstić information content (AvgIpc) is 3.15. The molecule has 2 aromatic heterocycles. The van der Waals surface area contributed by atoms with Gasteiger partial charge in [0, 0.05) is 30.8 Å². The predicted octanol–water partition coefficient (Wildman–Crippen LogP) is 2.90. The molecule has 0 spiro atoms. The van der Waals surface area contributed by atoms with Crippen LogP contribution in [0.3, 0.4) is 0 Å². The van der Waals surface area contributed by atoms with Crippen LogP contribution in [0, 0.1) is 0 Å². The Kier molecular flexibility index (Phi) is 5.33. The Hall–Kier alpha value is -3.94. The van der Waals surface area contributed by atoms with Gasteiger partial charge in [-0.05, 0) is 24.3 Å². The van der Waals surface area contributed by atoms with Crippen molar-refractivity contribution in [1.82, 2.24) is 24.9 Å². The molecule has 8 heteroatoms. The lowest BCUT2D eigenvalue weighted by Crippen LogP contribution is -2.30. The molecule has 0 saturated heterocycles. The van der Waals surface area contributed by atoms with Crippen molar-refractivity contribution >= 4 is 22.9 Å². The molecule has 2 aromatic carbocycles. The van der Waals surface area contributed by atoms with Gasteiger partial charge in [-0.25, -0.2) is 9.97 Å². The summed E-state index contributed by atoms with van der Waals surface area (Å²) in [6.45, 7) is 0. The summed E-state index contributed by atoms with van der Waals surface area (Å²) < 4.78 is 7.12. The maximum absolute atomic E-state index is 12.3. The van der Waals surface area contributed by atoms with Gasteiger partial charge in [-0.15, -0.1) is 0 Å². The first-order chi connectivity index (χ1) is 14.2. The van der Waals surface area contributed by atoms with Crippen molar-refractivity contribution in [3.8, 4) is 11.6 Å². The number of ether oxygens (including phenoxy) is 1. The Bertz CT molecular complexity index is 1130. The van der Waals surface area contributed by atoms with Gasteiger partial charge in [-0.2, -0.15) is 4.98 Å². The number of anilines is 1. The Morgan fingerprint density at radius 2 is 1.83 bits per heavy atom. The van der Waals surface area contributed by atoms with Gasteiger partial charge in [0.15, 0.2) is 0 Å². The molecule has 1 amide bonds. The van der Waals surface area contributed by atoms with E-state index in [4.69, 9.17) is 9.72 Å². The number of nitrogens with zero attached hydrogens (tertiary/aromatic N) is 4. The second-order valence-corrected chi connectivity index (χ2v) is 6.28. The number of aryl methyl sites for hydroxylation is 1. The molecule has 146 valence electrons. The lowest BCUT2D eigenvalue weighted by molar-refractivity contribution is -0.120. The number of nitrogens with one attached hydrogen (secondary N) is 2. The number of hydrogen-bond acceptors (Lipinski definition) is 6. The van der Waals surface area contributed by atoms with Gasteiger partial charge in [0.2, 0.25) is 17.7 Å². The summed E-state index contributed by atoms with van der Waals surface area (Å²) in [5, 5.41) is 0. The quantitative estimate of drug-likeness (QED) is 0.473. The number of methoxy groups -OCH3 is 1. The van der Waals surface area contributed by atoms with Crippen molar-refractivity contribution in [1.29, 1.82) is 0 Å². The molecular weight excluding hydrogens is 368 g/mol. The topological polar surface area (TPSA) is 94.0 Å². The molecule has 4 aromatic rings. The highest BCUT2D eigenvalue weighted by molar-refractivity contribution is 5.79. The molecule has 0 aliphatic rings. The molecule has 29 heavy (non-hydrogen) atoms. The minimum Gasteiger partial charge on any atom is -0.481 e. The number of aromatic nitrogens is 4. The van der Waals surface area contributed by atoms with Gasteiger partial charge in [0.05, 0.1) is 18.1 Å². The number of hydrazine groups is 1. The van der Waals surface area contributed by atoms with E-state index >= 15 is 0 Å². The largest absolute Gasteiger partial charge is 0.481 e. The molecule has 0 unspecified atom stereocenters. The normalized spacial score (nSPS) is 10.7. The Balaban J connectivity index is 1.47. The van der Waals surface area contributed by atoms with Gasteiger partial charge in [0.25, 0.3) is 0 Å². The van der Waals surface area contributed by atoms with Crippen LogP contribution in [-0.4, -0.2) is 32.5 Å². The molecule has 4 rings (SSSR count). The summed E-state index contributed by atoms with van der Waals surface area (Å²) in [6, 6.07) is 19.6. The van der Waals surface area contributed by atoms with E-state index in [1.165, 1.54) is 7.11 Å². The first kappa shape index (κ1) is 18.4. The summed E-state index contributed by atoms with van der Waals surface area (Å²) in [4.78, 5) is 25.1. The minimum absolute atomic E-state index is 0.192. The molecule has 0 aliphatic carbocycles. The average molecular weight is 388 g/mol. The number of para-hydroxylation sites is 3. The van der Waals surface area contributed by atoms with Crippen LogP contribution in [0.25, 0.3) is 16.7 Å². The van der Waals surface area contributed by atoms with Gasteiger partial charge in [-0.3, -0.25) is 20.2 Å². The maximum Gasteiger partial charge on any atom is 0.245 e. The summed E-state index contributed by atoms with van der Waals surface area (Å²) in [5.41, 5.74) is 8.23. The monoisotopic (exact) mass is 388 g/mol. The highest BCUT2D eigenvalue weighted by atomic mass is 16.5. The number of carbonyl (C=O) groups excluding carboxylic acids is 1. The highest BCUT2D eigenvalue weighted by Gasteiger charge is 2.13. The number of benzene rings is 2. The van der Waals surface area contributed by atoms with Crippen molar-refractivity contribution in [3.63, 3.8) is 0 Å². The van der Waals surface area contributed by atoms with E-state index in [2.05, 4.69) is 25.4 Å². The van der Waals surface area contributed by atoms with Crippen LogP contribution < -0.4 is 15.6 Å². The van der Waals surface area contributed by atoms with Gasteiger partial charge >= 0.3 is 0 Å². The van der Waals surface area contributed by atoms with Crippen molar-refractivity contribution in [3.05, 3.63) is 72.7 Å². The zero-order valence-corrected chi connectivity index (χ0v) is 15.9. The number of rotatable bonds is 7. The van der Waals surface area contributed by atoms with Crippen molar-refractivity contribution in [2.24, 2.45) is 0 Å². The molecule has 0 aliphatic heterocycles. The SMILES string of the molecule is COc1ccnc(NNC(=O)CCc2nc3ccccc3n2-c2ccccc2)n1. The summed E-state index contributed by atoms with van der Waals surface area (Å²) >= 11 is 0. The Morgan fingerprint density at radius 1 is 1.03 bits per heavy atom. The summed E-state index contributed by atoms with van der Waals surface area (Å²) in [5.74, 6) is 1.30. The highest BCUT2D eigenvalue weighted by Crippen LogP contribution is 2.22. The lowest BCUT2D eigenvalue weighted by atomic mass is 10.2. The van der Waals surface area contributed by atoms with E-state index in [9.17, 15) is 4.79 Å². The van der Waals surface area contributed by atoms with Crippen LogP contribution in [0.1, 0.15) is 12.2 Å². The van der Waals surface area contributed by atoms with Crippen LogP contribution in [0.4, 0.5) is 5.95 Å². The Morgan fingerprint density at radius 3 is 2.66 bits per heavy atom. The van der Waals surface area contributed by atoms with E-state index in [0.717, 1.165) is 22.5 Å². The van der Waals surface area contributed by atoms with Crippen molar-refractivity contribution < 1.29 is 9.53 Å². The second kappa shape index (κ2) is 8.39. The third-order valence-electron chi connectivity index (χ3n) is 4.37. The van der Waals surface area contributed by atoms with E-state index in [1.54, 1.807) is 12.3 Å². The second-order valence-electron chi connectivity index (χ2n) is 6.28. The molecule has 0 radical (unpaired) electrons.